The maximum atomic E-state index is 11.4. The Balaban J connectivity index is 2.06. The van der Waals surface area contributed by atoms with Crippen molar-refractivity contribution in [1.29, 1.82) is 0 Å². The van der Waals surface area contributed by atoms with Crippen molar-refractivity contribution in [2.75, 3.05) is 6.61 Å². The molecule has 7 heteroatoms. The molecule has 0 spiro atoms. The molecule has 20 heavy (non-hydrogen) atoms. The van der Waals surface area contributed by atoms with Gasteiger partial charge in [-0.25, -0.2) is 4.68 Å². The fourth-order valence-corrected chi connectivity index (χ4v) is 1.92. The van der Waals surface area contributed by atoms with Crippen molar-refractivity contribution in [2.45, 2.75) is 40.8 Å². The molecule has 2 heterocycles. The standard InChI is InChI=1S/C13H19N5O2/c1-5-20-13(19)8-17-6-12(14-16-17)7-18-11(4)9(2)10(3)15-18/h6H,5,7-8H2,1-4H3. The van der Waals surface area contributed by atoms with Gasteiger partial charge in [-0.15, -0.1) is 5.10 Å². The van der Waals surface area contributed by atoms with Crippen LogP contribution in [0.2, 0.25) is 0 Å². The predicted molar refractivity (Wildman–Crippen MR) is 72.2 cm³/mol. The van der Waals surface area contributed by atoms with Crippen molar-refractivity contribution in [3.63, 3.8) is 0 Å². The molecule has 0 atom stereocenters. The maximum Gasteiger partial charge on any atom is 0.327 e. The number of rotatable bonds is 5. The summed E-state index contributed by atoms with van der Waals surface area (Å²) in [5.74, 6) is -0.314. The van der Waals surface area contributed by atoms with Gasteiger partial charge in [0.2, 0.25) is 0 Å². The predicted octanol–water partition coefficient (Wildman–Crippen LogP) is 1.01. The Morgan fingerprint density at radius 1 is 1.35 bits per heavy atom. The van der Waals surface area contributed by atoms with E-state index in [0.29, 0.717) is 13.2 Å². The van der Waals surface area contributed by atoms with Crippen molar-refractivity contribution in [3.8, 4) is 0 Å². The second-order valence-corrected chi connectivity index (χ2v) is 4.67. The summed E-state index contributed by atoms with van der Waals surface area (Å²) < 4.78 is 8.24. The number of carbonyl (C=O) groups is 1. The Bertz CT molecular complexity index is 614. The van der Waals surface area contributed by atoms with Crippen molar-refractivity contribution in [3.05, 3.63) is 28.8 Å². The molecule has 0 amide bonds. The molecular formula is C13H19N5O2. The summed E-state index contributed by atoms with van der Waals surface area (Å²) in [5, 5.41) is 12.4. The largest absolute Gasteiger partial charge is 0.465 e. The summed E-state index contributed by atoms with van der Waals surface area (Å²) in [6.07, 6.45) is 1.74. The number of ether oxygens (including phenoxy) is 1. The number of nitrogens with zero attached hydrogens (tertiary/aromatic N) is 5. The highest BCUT2D eigenvalue weighted by molar-refractivity contribution is 5.68. The van der Waals surface area contributed by atoms with Crippen LogP contribution in [0.25, 0.3) is 0 Å². The van der Waals surface area contributed by atoms with Gasteiger partial charge in [0.1, 0.15) is 12.2 Å². The fraction of sp³-hybridized carbons (Fsp3) is 0.538. The molecule has 0 aliphatic carbocycles. The van der Waals surface area contributed by atoms with Gasteiger partial charge in [-0.2, -0.15) is 5.10 Å². The van der Waals surface area contributed by atoms with E-state index in [0.717, 1.165) is 17.1 Å². The highest BCUT2D eigenvalue weighted by Crippen LogP contribution is 2.12. The summed E-state index contributed by atoms with van der Waals surface area (Å²) in [4.78, 5) is 11.4. The quantitative estimate of drug-likeness (QED) is 0.762. The van der Waals surface area contributed by atoms with Crippen LogP contribution in [0.3, 0.4) is 0 Å². The highest BCUT2D eigenvalue weighted by Gasteiger charge is 2.11. The van der Waals surface area contributed by atoms with Crippen molar-refractivity contribution in [1.82, 2.24) is 24.8 Å². The second-order valence-electron chi connectivity index (χ2n) is 4.67. The van der Waals surface area contributed by atoms with E-state index in [9.17, 15) is 4.79 Å². The zero-order valence-corrected chi connectivity index (χ0v) is 12.3. The van der Waals surface area contributed by atoms with E-state index < -0.39 is 0 Å². The third-order valence-corrected chi connectivity index (χ3v) is 3.24. The molecule has 0 aliphatic rings. The Morgan fingerprint density at radius 3 is 2.70 bits per heavy atom. The molecule has 0 aromatic carbocycles. The molecule has 0 N–H and O–H groups in total. The van der Waals surface area contributed by atoms with Crippen LogP contribution in [0, 0.1) is 20.8 Å². The van der Waals surface area contributed by atoms with Crippen LogP contribution in [0.15, 0.2) is 6.20 Å². The van der Waals surface area contributed by atoms with Gasteiger partial charge >= 0.3 is 5.97 Å². The first-order chi connectivity index (χ1) is 9.51. The van der Waals surface area contributed by atoms with E-state index in [4.69, 9.17) is 4.74 Å². The van der Waals surface area contributed by atoms with Gasteiger partial charge in [0.25, 0.3) is 0 Å². The number of carbonyl (C=O) groups excluding carboxylic acids is 1. The Labute approximate surface area is 117 Å². The molecule has 0 saturated heterocycles. The lowest BCUT2D eigenvalue weighted by Gasteiger charge is -2.01. The van der Waals surface area contributed by atoms with Gasteiger partial charge in [-0.3, -0.25) is 9.48 Å². The maximum absolute atomic E-state index is 11.4. The van der Waals surface area contributed by atoms with Crippen LogP contribution in [-0.2, 0) is 22.6 Å². The first-order valence-electron chi connectivity index (χ1n) is 6.56. The Morgan fingerprint density at radius 2 is 2.10 bits per heavy atom. The summed E-state index contributed by atoms with van der Waals surface area (Å²) in [5.41, 5.74) is 4.08. The topological polar surface area (TPSA) is 74.8 Å². The molecule has 108 valence electrons. The number of esters is 1. The number of aryl methyl sites for hydroxylation is 1. The zero-order valence-electron chi connectivity index (χ0n) is 12.3. The number of hydrogen-bond acceptors (Lipinski definition) is 5. The first kappa shape index (κ1) is 14.2. The number of hydrogen-bond donors (Lipinski definition) is 0. The molecule has 0 fully saturated rings. The molecule has 2 aromatic heterocycles. The van der Waals surface area contributed by atoms with Crippen LogP contribution in [0.1, 0.15) is 29.6 Å². The molecule has 0 radical (unpaired) electrons. The van der Waals surface area contributed by atoms with E-state index in [1.165, 1.54) is 10.2 Å². The summed E-state index contributed by atoms with van der Waals surface area (Å²) in [6.45, 7) is 8.82. The monoisotopic (exact) mass is 277 g/mol. The normalized spacial score (nSPS) is 10.8. The van der Waals surface area contributed by atoms with E-state index >= 15 is 0 Å². The molecule has 0 aliphatic heterocycles. The Kier molecular flexibility index (Phi) is 4.16. The summed E-state index contributed by atoms with van der Waals surface area (Å²) in [6, 6.07) is 0. The Hall–Kier alpha value is -2.18. The SMILES string of the molecule is CCOC(=O)Cn1cc(Cn2nc(C)c(C)c2C)nn1. The molecular weight excluding hydrogens is 258 g/mol. The summed E-state index contributed by atoms with van der Waals surface area (Å²) >= 11 is 0. The van der Waals surface area contributed by atoms with Gasteiger partial charge < -0.3 is 4.74 Å². The average molecular weight is 277 g/mol. The van der Waals surface area contributed by atoms with Crippen LogP contribution in [0.4, 0.5) is 0 Å². The van der Waals surface area contributed by atoms with Gasteiger partial charge in [0.15, 0.2) is 0 Å². The molecule has 0 unspecified atom stereocenters. The lowest BCUT2D eigenvalue weighted by Crippen LogP contribution is -2.13. The van der Waals surface area contributed by atoms with Crippen LogP contribution >= 0.6 is 0 Å². The van der Waals surface area contributed by atoms with Crippen LogP contribution in [0.5, 0.6) is 0 Å². The van der Waals surface area contributed by atoms with Crippen molar-refractivity contribution in [2.24, 2.45) is 0 Å². The minimum atomic E-state index is -0.314. The summed E-state index contributed by atoms with van der Waals surface area (Å²) in [7, 11) is 0. The minimum Gasteiger partial charge on any atom is -0.465 e. The third-order valence-electron chi connectivity index (χ3n) is 3.24. The van der Waals surface area contributed by atoms with Crippen LogP contribution < -0.4 is 0 Å². The molecule has 2 rings (SSSR count). The molecule has 0 saturated carbocycles. The molecule has 7 nitrogen and oxygen atoms in total. The average Bonchev–Trinajstić information content (AvgIpc) is 2.91. The van der Waals surface area contributed by atoms with Crippen molar-refractivity contribution < 1.29 is 9.53 Å². The minimum absolute atomic E-state index is 0.0803. The fourth-order valence-electron chi connectivity index (χ4n) is 1.92. The van der Waals surface area contributed by atoms with E-state index in [-0.39, 0.29) is 12.5 Å². The van der Waals surface area contributed by atoms with Gasteiger partial charge in [-0.05, 0) is 33.3 Å². The number of aromatic nitrogens is 5. The van der Waals surface area contributed by atoms with Gasteiger partial charge in [0, 0.05) is 5.69 Å². The smallest absolute Gasteiger partial charge is 0.327 e. The van der Waals surface area contributed by atoms with Crippen LogP contribution in [-0.4, -0.2) is 37.4 Å². The lowest BCUT2D eigenvalue weighted by molar-refractivity contribution is -0.144. The van der Waals surface area contributed by atoms with E-state index in [1.54, 1.807) is 13.1 Å². The first-order valence-corrected chi connectivity index (χ1v) is 6.56. The molecule has 0 bridgehead atoms. The van der Waals surface area contributed by atoms with Gasteiger partial charge in [0.05, 0.1) is 25.0 Å². The lowest BCUT2D eigenvalue weighted by atomic mass is 10.2. The second kappa shape index (κ2) is 5.85. The highest BCUT2D eigenvalue weighted by atomic mass is 16.5. The van der Waals surface area contributed by atoms with Crippen molar-refractivity contribution >= 4 is 5.97 Å². The molecule has 2 aromatic rings. The van der Waals surface area contributed by atoms with E-state index in [2.05, 4.69) is 15.4 Å². The zero-order chi connectivity index (χ0) is 14.7. The van der Waals surface area contributed by atoms with Gasteiger partial charge in [-0.1, -0.05) is 5.21 Å². The third kappa shape index (κ3) is 3.04. The van der Waals surface area contributed by atoms with E-state index in [1.807, 2.05) is 25.5 Å².